The monoisotopic (exact) mass is 517 g/mol. The van der Waals surface area contributed by atoms with Crippen LogP contribution in [0, 0.1) is 11.3 Å². The van der Waals surface area contributed by atoms with E-state index in [1.165, 1.54) is 14.2 Å². The van der Waals surface area contributed by atoms with Crippen LogP contribution in [0.25, 0.3) is 0 Å². The van der Waals surface area contributed by atoms with E-state index in [0.717, 1.165) is 5.57 Å². The number of hydrogen-bond donors (Lipinski definition) is 3. The van der Waals surface area contributed by atoms with Gasteiger partial charge in [-0.25, -0.2) is 0 Å². The van der Waals surface area contributed by atoms with Gasteiger partial charge >= 0.3 is 0 Å². The Balaban J connectivity index is 1.79. The molecule has 3 aliphatic heterocycles. The fourth-order valence-electron chi connectivity index (χ4n) is 5.44. The van der Waals surface area contributed by atoms with Gasteiger partial charge in [0.25, 0.3) is 5.91 Å². The van der Waals surface area contributed by atoms with Crippen LogP contribution in [0.5, 0.6) is 0 Å². The zero-order valence-corrected chi connectivity index (χ0v) is 22.4. The maximum atomic E-state index is 13.3. The Bertz CT molecular complexity index is 778. The summed E-state index contributed by atoms with van der Waals surface area (Å²) in [6, 6.07) is 0. The normalized spacial score (nSPS) is 40.2. The zero-order valence-electron chi connectivity index (χ0n) is 22.4. The van der Waals surface area contributed by atoms with E-state index in [0.29, 0.717) is 0 Å². The summed E-state index contributed by atoms with van der Waals surface area (Å²) in [5, 5.41) is 24.2. The fraction of sp³-hybridized carbons (Fsp3) is 0.880. The Morgan fingerprint density at radius 2 is 1.89 bits per heavy atom. The Kier molecular flexibility index (Phi) is 9.57. The summed E-state index contributed by atoms with van der Waals surface area (Å²) >= 11 is 0. The number of carbonyl (C=O) groups excluding carboxylic acids is 1. The van der Waals surface area contributed by atoms with Crippen molar-refractivity contribution in [3.8, 4) is 0 Å². The van der Waals surface area contributed by atoms with Crippen molar-refractivity contribution >= 4 is 5.91 Å². The molecule has 0 aromatic heterocycles. The van der Waals surface area contributed by atoms with Gasteiger partial charge in [0, 0.05) is 45.5 Å². The molecule has 11 heteroatoms. The summed E-state index contributed by atoms with van der Waals surface area (Å²) < 4.78 is 40.4. The average molecular weight is 518 g/mol. The molecule has 0 radical (unpaired) electrons. The molecule has 3 rings (SSSR count). The van der Waals surface area contributed by atoms with E-state index in [-0.39, 0.29) is 38.3 Å². The topological polar surface area (TPSA) is 134 Å². The lowest BCUT2D eigenvalue weighted by Gasteiger charge is -2.54. The molecule has 3 N–H and O–H groups in total. The molecular weight excluding hydrogens is 474 g/mol. The van der Waals surface area contributed by atoms with E-state index in [2.05, 4.69) is 11.9 Å². The standard InChI is InChI=1S/C25H43NO10/c1-13-10-25(32-8,36-15(3)14(13)2)20(28)22(29)26-23-19-18(33-12-34-23)21(31-7)24(4,5)17(35-19)9-16(27)11-30-6/h14-21,23,27-28H,1,9-12H2,2-8H3,(H,26,29). The third kappa shape index (κ3) is 5.64. The predicted molar refractivity (Wildman–Crippen MR) is 128 cm³/mol. The number of aliphatic hydroxyl groups is 2. The maximum absolute atomic E-state index is 13.3. The van der Waals surface area contributed by atoms with Crippen molar-refractivity contribution in [3.63, 3.8) is 0 Å². The molecule has 0 saturated carbocycles. The van der Waals surface area contributed by atoms with Crippen LogP contribution in [-0.2, 0) is 38.0 Å². The van der Waals surface area contributed by atoms with Crippen LogP contribution in [-0.4, -0.2) is 106 Å². The number of rotatable bonds is 9. The highest BCUT2D eigenvalue weighted by Crippen LogP contribution is 2.44. The largest absolute Gasteiger partial charge is 0.391 e. The van der Waals surface area contributed by atoms with Crippen molar-refractivity contribution in [2.24, 2.45) is 11.3 Å². The van der Waals surface area contributed by atoms with Gasteiger partial charge in [-0.3, -0.25) is 4.79 Å². The van der Waals surface area contributed by atoms with Crippen LogP contribution in [0.1, 0.15) is 40.5 Å². The number of nitrogens with one attached hydrogen (secondary N) is 1. The van der Waals surface area contributed by atoms with Gasteiger partial charge in [0.1, 0.15) is 19.0 Å². The third-order valence-electron chi connectivity index (χ3n) is 7.91. The van der Waals surface area contributed by atoms with Crippen LogP contribution in [0.15, 0.2) is 12.2 Å². The minimum atomic E-state index is -1.66. The lowest BCUT2D eigenvalue weighted by Crippen LogP contribution is -2.69. The quantitative estimate of drug-likeness (QED) is 0.376. The summed E-state index contributed by atoms with van der Waals surface area (Å²) in [5.74, 6) is -2.26. The van der Waals surface area contributed by atoms with Crippen LogP contribution < -0.4 is 5.32 Å². The molecule has 3 aliphatic rings. The SMILES string of the molecule is C=C1CC(OC)(C(O)C(=O)NC2OCOC3C2OC(CC(O)COC)C(C)(C)C3OC)OC(C)C1C. The number of amides is 1. The van der Waals surface area contributed by atoms with E-state index < -0.39 is 60.0 Å². The molecule has 3 saturated heterocycles. The maximum Gasteiger partial charge on any atom is 0.256 e. The van der Waals surface area contributed by atoms with Crippen molar-refractivity contribution in [3.05, 3.63) is 12.2 Å². The van der Waals surface area contributed by atoms with Crippen molar-refractivity contribution < 1.29 is 48.2 Å². The van der Waals surface area contributed by atoms with E-state index in [1.54, 1.807) is 7.11 Å². The average Bonchev–Trinajstić information content (AvgIpc) is 2.82. The Labute approximate surface area is 213 Å². The van der Waals surface area contributed by atoms with E-state index >= 15 is 0 Å². The van der Waals surface area contributed by atoms with Gasteiger partial charge in [0.2, 0.25) is 5.79 Å². The number of hydrogen-bond acceptors (Lipinski definition) is 10. The first-order chi connectivity index (χ1) is 16.9. The molecule has 0 aromatic rings. The molecular formula is C25H43NO10. The van der Waals surface area contributed by atoms with Gasteiger partial charge in [-0.1, -0.05) is 32.9 Å². The fourth-order valence-corrected chi connectivity index (χ4v) is 5.44. The molecule has 3 heterocycles. The molecule has 1 amide bonds. The number of methoxy groups -OCH3 is 3. The number of aliphatic hydroxyl groups excluding tert-OH is 2. The second-order valence-electron chi connectivity index (χ2n) is 10.6. The third-order valence-corrected chi connectivity index (χ3v) is 7.91. The van der Waals surface area contributed by atoms with Crippen LogP contribution >= 0.6 is 0 Å². The first-order valence-corrected chi connectivity index (χ1v) is 12.4. The van der Waals surface area contributed by atoms with Crippen molar-refractivity contribution in [1.29, 1.82) is 0 Å². The van der Waals surface area contributed by atoms with Gasteiger partial charge in [-0.05, 0) is 6.92 Å². The molecule has 0 spiro atoms. The molecule has 0 bridgehead atoms. The molecule has 36 heavy (non-hydrogen) atoms. The second kappa shape index (κ2) is 11.7. The van der Waals surface area contributed by atoms with Gasteiger partial charge in [-0.15, -0.1) is 0 Å². The minimum Gasteiger partial charge on any atom is -0.391 e. The molecule has 11 nitrogen and oxygen atoms in total. The van der Waals surface area contributed by atoms with E-state index in [9.17, 15) is 15.0 Å². The van der Waals surface area contributed by atoms with Crippen LogP contribution in [0.2, 0.25) is 0 Å². The highest BCUT2D eigenvalue weighted by atomic mass is 16.7. The van der Waals surface area contributed by atoms with Crippen molar-refractivity contribution in [2.45, 2.75) is 95.3 Å². The zero-order chi connectivity index (χ0) is 26.8. The van der Waals surface area contributed by atoms with E-state index in [1.807, 2.05) is 27.7 Å². The van der Waals surface area contributed by atoms with Crippen molar-refractivity contribution in [2.75, 3.05) is 34.7 Å². The number of fused-ring (bicyclic) bond motifs is 1. The molecule has 0 aromatic carbocycles. The summed E-state index contributed by atoms with van der Waals surface area (Å²) in [6.45, 7) is 11.9. The lowest BCUT2D eigenvalue weighted by atomic mass is 9.72. The highest BCUT2D eigenvalue weighted by molar-refractivity contribution is 5.82. The highest BCUT2D eigenvalue weighted by Gasteiger charge is 2.57. The molecule has 10 unspecified atom stereocenters. The summed E-state index contributed by atoms with van der Waals surface area (Å²) in [7, 11) is 4.49. The minimum absolute atomic E-state index is 0.0542. The van der Waals surface area contributed by atoms with Gasteiger partial charge in [0.05, 0.1) is 31.0 Å². The molecule has 3 fully saturated rings. The second-order valence-corrected chi connectivity index (χ2v) is 10.6. The molecule has 208 valence electrons. The first-order valence-electron chi connectivity index (χ1n) is 12.4. The molecule has 10 atom stereocenters. The summed E-state index contributed by atoms with van der Waals surface area (Å²) in [5.41, 5.74) is 0.294. The summed E-state index contributed by atoms with van der Waals surface area (Å²) in [6.07, 6.45) is -5.39. The lowest BCUT2D eigenvalue weighted by molar-refractivity contribution is -0.333. The Morgan fingerprint density at radius 3 is 2.47 bits per heavy atom. The Morgan fingerprint density at radius 1 is 1.19 bits per heavy atom. The predicted octanol–water partition coefficient (Wildman–Crippen LogP) is 0.712. The van der Waals surface area contributed by atoms with Gasteiger partial charge in [-0.2, -0.15) is 0 Å². The number of ether oxygens (including phenoxy) is 7. The van der Waals surface area contributed by atoms with E-state index in [4.69, 9.17) is 33.2 Å². The van der Waals surface area contributed by atoms with Crippen LogP contribution in [0.4, 0.5) is 0 Å². The smallest absolute Gasteiger partial charge is 0.256 e. The first kappa shape index (κ1) is 29.4. The number of carbonyl (C=O) groups is 1. The van der Waals surface area contributed by atoms with Crippen LogP contribution in [0.3, 0.4) is 0 Å². The Hall–Kier alpha value is -1.15. The molecule has 0 aliphatic carbocycles. The van der Waals surface area contributed by atoms with Gasteiger partial charge < -0.3 is 48.7 Å². The summed E-state index contributed by atoms with van der Waals surface area (Å²) in [4.78, 5) is 13.3. The van der Waals surface area contributed by atoms with Crippen molar-refractivity contribution in [1.82, 2.24) is 5.32 Å². The van der Waals surface area contributed by atoms with Gasteiger partial charge in [0.15, 0.2) is 12.3 Å².